The monoisotopic (exact) mass is 203 g/mol. The zero-order valence-electron chi connectivity index (χ0n) is 8.73. The molecule has 3 N–H and O–H groups in total. The second-order valence-electron chi connectivity index (χ2n) is 2.93. The number of carbonyl (C=O) groups is 1. The highest BCUT2D eigenvalue weighted by molar-refractivity contribution is 5.82. The molecule has 0 rings (SSSR count). The van der Waals surface area contributed by atoms with Gasteiger partial charge < -0.3 is 20.6 Å². The van der Waals surface area contributed by atoms with Gasteiger partial charge in [-0.05, 0) is 6.92 Å². The molecule has 0 saturated heterocycles. The normalized spacial score (nSPS) is 13.5. The molecule has 0 radical (unpaired) electrons. The van der Waals surface area contributed by atoms with Crippen molar-refractivity contribution in [3.05, 3.63) is 0 Å². The second kappa shape index (κ2) is 6.06. The summed E-state index contributed by atoms with van der Waals surface area (Å²) in [5.41, 5.74) is 5.38. The summed E-state index contributed by atoms with van der Waals surface area (Å²) in [6, 6.07) is 0. The van der Waals surface area contributed by atoms with Crippen LogP contribution in [0.3, 0.4) is 0 Å². The molecule has 0 aromatic carbocycles. The van der Waals surface area contributed by atoms with Crippen LogP contribution in [0.5, 0.6) is 0 Å². The molecule has 6 nitrogen and oxygen atoms in total. The fraction of sp³-hybridized carbons (Fsp3) is 0.750. The van der Waals surface area contributed by atoms with Crippen LogP contribution in [-0.4, -0.2) is 42.2 Å². The predicted octanol–water partition coefficient (Wildman–Crippen LogP) is 0.457. The summed E-state index contributed by atoms with van der Waals surface area (Å²) >= 11 is 0. The highest BCUT2D eigenvalue weighted by Crippen LogP contribution is 2.01. The van der Waals surface area contributed by atoms with E-state index in [0.717, 1.165) is 0 Å². The molecule has 0 bridgehead atoms. The van der Waals surface area contributed by atoms with Crippen LogP contribution in [0.25, 0.3) is 0 Å². The fourth-order valence-corrected chi connectivity index (χ4v) is 0.985. The van der Waals surface area contributed by atoms with Crippen LogP contribution in [0.15, 0.2) is 5.16 Å². The minimum Gasteiger partial charge on any atom is -0.453 e. The molecule has 14 heavy (non-hydrogen) atoms. The van der Waals surface area contributed by atoms with Crippen molar-refractivity contribution in [1.82, 2.24) is 4.90 Å². The van der Waals surface area contributed by atoms with Crippen molar-refractivity contribution in [2.24, 2.45) is 16.8 Å². The molecule has 0 saturated carbocycles. The van der Waals surface area contributed by atoms with Gasteiger partial charge in [-0.15, -0.1) is 0 Å². The molecule has 82 valence electrons. The Bertz CT molecular complexity index is 218. The summed E-state index contributed by atoms with van der Waals surface area (Å²) in [6.45, 7) is 4.49. The van der Waals surface area contributed by atoms with E-state index in [1.807, 2.05) is 6.92 Å². The number of amides is 1. The van der Waals surface area contributed by atoms with Crippen LogP contribution in [0.1, 0.15) is 13.8 Å². The fourth-order valence-electron chi connectivity index (χ4n) is 0.985. The first-order valence-electron chi connectivity index (χ1n) is 4.37. The molecule has 0 aliphatic carbocycles. The molecular formula is C8H17N3O3. The molecule has 0 aromatic heterocycles. The Kier molecular flexibility index (Phi) is 5.43. The summed E-state index contributed by atoms with van der Waals surface area (Å²) < 4.78 is 4.56. The largest absolute Gasteiger partial charge is 0.453 e. The number of carbonyl (C=O) groups excluding carboxylic acids is 1. The topological polar surface area (TPSA) is 88.1 Å². The van der Waals surface area contributed by atoms with Gasteiger partial charge in [0.1, 0.15) is 5.84 Å². The molecule has 1 atom stereocenters. The summed E-state index contributed by atoms with van der Waals surface area (Å²) in [4.78, 5) is 12.6. The van der Waals surface area contributed by atoms with E-state index >= 15 is 0 Å². The Morgan fingerprint density at radius 1 is 1.71 bits per heavy atom. The van der Waals surface area contributed by atoms with E-state index in [-0.39, 0.29) is 11.8 Å². The highest BCUT2D eigenvalue weighted by atomic mass is 16.5. The number of rotatable bonds is 4. The van der Waals surface area contributed by atoms with Gasteiger partial charge in [-0.3, -0.25) is 0 Å². The third-order valence-corrected chi connectivity index (χ3v) is 1.93. The van der Waals surface area contributed by atoms with E-state index in [2.05, 4.69) is 9.89 Å². The number of amidine groups is 1. The number of methoxy groups -OCH3 is 1. The summed E-state index contributed by atoms with van der Waals surface area (Å²) in [6.07, 6.45) is -0.412. The van der Waals surface area contributed by atoms with E-state index in [0.29, 0.717) is 13.1 Å². The van der Waals surface area contributed by atoms with Crippen molar-refractivity contribution in [1.29, 1.82) is 0 Å². The molecule has 0 aromatic rings. The lowest BCUT2D eigenvalue weighted by Gasteiger charge is -2.22. The van der Waals surface area contributed by atoms with Gasteiger partial charge in [0.25, 0.3) is 0 Å². The SMILES string of the molecule is CCN(CC(C)C(N)=NO)C(=O)OC. The van der Waals surface area contributed by atoms with Crippen molar-refractivity contribution in [3.8, 4) is 0 Å². The van der Waals surface area contributed by atoms with Crippen molar-refractivity contribution in [2.75, 3.05) is 20.2 Å². The zero-order chi connectivity index (χ0) is 11.1. The molecule has 1 amide bonds. The Morgan fingerprint density at radius 2 is 2.29 bits per heavy atom. The van der Waals surface area contributed by atoms with E-state index in [1.54, 1.807) is 6.92 Å². The quantitative estimate of drug-likeness (QED) is 0.300. The van der Waals surface area contributed by atoms with E-state index in [4.69, 9.17) is 10.9 Å². The van der Waals surface area contributed by atoms with Crippen molar-refractivity contribution in [2.45, 2.75) is 13.8 Å². The lowest BCUT2D eigenvalue weighted by atomic mass is 10.1. The summed E-state index contributed by atoms with van der Waals surface area (Å²) in [5, 5.41) is 11.3. The number of hydrogen-bond donors (Lipinski definition) is 2. The van der Waals surface area contributed by atoms with Crippen LogP contribution in [0.2, 0.25) is 0 Å². The summed E-state index contributed by atoms with van der Waals surface area (Å²) in [7, 11) is 1.32. The predicted molar refractivity (Wildman–Crippen MR) is 52.2 cm³/mol. The van der Waals surface area contributed by atoms with Crippen LogP contribution < -0.4 is 5.73 Å². The number of oxime groups is 1. The van der Waals surface area contributed by atoms with Gasteiger partial charge >= 0.3 is 6.09 Å². The maximum Gasteiger partial charge on any atom is 0.409 e. The maximum absolute atomic E-state index is 11.1. The molecule has 0 fully saturated rings. The standard InChI is InChI=1S/C8H17N3O3/c1-4-11(8(12)14-3)5-6(2)7(9)10-13/h6,13H,4-5H2,1-3H3,(H2,9,10). The van der Waals surface area contributed by atoms with E-state index < -0.39 is 6.09 Å². The van der Waals surface area contributed by atoms with Gasteiger partial charge in [0.2, 0.25) is 0 Å². The van der Waals surface area contributed by atoms with Gasteiger partial charge in [-0.1, -0.05) is 12.1 Å². The molecule has 0 spiro atoms. The number of nitrogens with two attached hydrogens (primary N) is 1. The lowest BCUT2D eigenvalue weighted by Crippen LogP contribution is -2.38. The maximum atomic E-state index is 11.1. The van der Waals surface area contributed by atoms with Crippen LogP contribution in [-0.2, 0) is 4.74 Å². The Labute approximate surface area is 83.3 Å². The Morgan fingerprint density at radius 3 is 2.64 bits per heavy atom. The third kappa shape index (κ3) is 3.51. The lowest BCUT2D eigenvalue weighted by molar-refractivity contribution is 0.123. The zero-order valence-corrected chi connectivity index (χ0v) is 8.73. The first-order chi connectivity index (χ1) is 6.56. The van der Waals surface area contributed by atoms with E-state index in [9.17, 15) is 4.79 Å². The third-order valence-electron chi connectivity index (χ3n) is 1.93. The van der Waals surface area contributed by atoms with Crippen molar-refractivity contribution >= 4 is 11.9 Å². The minimum absolute atomic E-state index is 0.104. The van der Waals surface area contributed by atoms with Gasteiger partial charge in [0.05, 0.1) is 7.11 Å². The number of hydrogen-bond acceptors (Lipinski definition) is 4. The van der Waals surface area contributed by atoms with Gasteiger partial charge in [-0.2, -0.15) is 0 Å². The smallest absolute Gasteiger partial charge is 0.409 e. The Hall–Kier alpha value is -1.46. The molecule has 0 aliphatic rings. The first kappa shape index (κ1) is 12.5. The van der Waals surface area contributed by atoms with Crippen LogP contribution >= 0.6 is 0 Å². The molecule has 6 heteroatoms. The highest BCUT2D eigenvalue weighted by Gasteiger charge is 2.17. The van der Waals surface area contributed by atoms with Gasteiger partial charge in [0, 0.05) is 19.0 Å². The van der Waals surface area contributed by atoms with E-state index in [1.165, 1.54) is 12.0 Å². The second-order valence-corrected chi connectivity index (χ2v) is 2.93. The summed E-state index contributed by atoms with van der Waals surface area (Å²) in [5.74, 6) is -0.0913. The average molecular weight is 203 g/mol. The first-order valence-corrected chi connectivity index (χ1v) is 4.37. The van der Waals surface area contributed by atoms with Gasteiger partial charge in [0.15, 0.2) is 0 Å². The minimum atomic E-state index is -0.412. The van der Waals surface area contributed by atoms with Crippen LogP contribution in [0, 0.1) is 5.92 Å². The van der Waals surface area contributed by atoms with Crippen molar-refractivity contribution < 1.29 is 14.7 Å². The molecule has 0 aliphatic heterocycles. The molecular weight excluding hydrogens is 186 g/mol. The molecule has 1 unspecified atom stereocenters. The average Bonchev–Trinajstić information content (AvgIpc) is 2.22. The van der Waals surface area contributed by atoms with Crippen molar-refractivity contribution in [3.63, 3.8) is 0 Å². The number of ether oxygens (including phenoxy) is 1. The Balaban J connectivity index is 4.25. The molecule has 0 heterocycles. The van der Waals surface area contributed by atoms with Gasteiger partial charge in [-0.25, -0.2) is 4.79 Å². The van der Waals surface area contributed by atoms with Crippen LogP contribution in [0.4, 0.5) is 4.79 Å². The number of nitrogens with zero attached hydrogens (tertiary/aromatic N) is 2.